The Morgan fingerprint density at radius 1 is 1.39 bits per heavy atom. The predicted molar refractivity (Wildman–Crippen MR) is 87.1 cm³/mol. The van der Waals surface area contributed by atoms with E-state index in [2.05, 4.69) is 26.7 Å². The van der Waals surface area contributed by atoms with Crippen molar-refractivity contribution in [2.75, 3.05) is 20.1 Å². The van der Waals surface area contributed by atoms with Crippen LogP contribution >= 0.6 is 0 Å². The van der Waals surface area contributed by atoms with Crippen LogP contribution in [-0.2, 0) is 11.2 Å². The summed E-state index contributed by atoms with van der Waals surface area (Å²) in [6.07, 6.45) is 6.00. The molecule has 2 heterocycles. The van der Waals surface area contributed by atoms with E-state index < -0.39 is 18.1 Å². The summed E-state index contributed by atoms with van der Waals surface area (Å²) in [6, 6.07) is -0.968. The molecule has 1 unspecified atom stereocenters. The SMILES string of the molecule is CN[C@H](C(=O)O)[C@H](O)[C@H](C)Cc1nccn1C(C)N1CCCC1. The number of aliphatic hydroxyl groups excluding tert-OH is 1. The molecule has 0 radical (unpaired) electrons. The van der Waals surface area contributed by atoms with Crippen LogP contribution in [0, 0.1) is 5.92 Å². The van der Waals surface area contributed by atoms with Gasteiger partial charge in [-0.05, 0) is 32.7 Å². The van der Waals surface area contributed by atoms with Gasteiger partial charge in [0, 0.05) is 31.9 Å². The highest BCUT2D eigenvalue weighted by atomic mass is 16.4. The highest BCUT2D eigenvalue weighted by Gasteiger charge is 2.30. The van der Waals surface area contributed by atoms with Gasteiger partial charge in [0.2, 0.25) is 0 Å². The zero-order chi connectivity index (χ0) is 17.0. The second-order valence-corrected chi connectivity index (χ2v) is 6.40. The van der Waals surface area contributed by atoms with Gasteiger partial charge in [-0.3, -0.25) is 9.69 Å². The molecule has 2 rings (SSSR count). The number of rotatable bonds is 8. The largest absolute Gasteiger partial charge is 0.480 e. The van der Waals surface area contributed by atoms with Gasteiger partial charge in [0.1, 0.15) is 11.9 Å². The number of likely N-dealkylation sites (N-methyl/N-ethyl adjacent to an activating group) is 1. The summed E-state index contributed by atoms with van der Waals surface area (Å²) in [6.45, 7) is 6.21. The zero-order valence-electron chi connectivity index (χ0n) is 14.1. The first kappa shape index (κ1) is 17.9. The van der Waals surface area contributed by atoms with Crippen LogP contribution in [-0.4, -0.2) is 62.9 Å². The van der Waals surface area contributed by atoms with Crippen molar-refractivity contribution in [3.63, 3.8) is 0 Å². The second kappa shape index (κ2) is 7.90. The lowest BCUT2D eigenvalue weighted by Crippen LogP contribution is -2.47. The van der Waals surface area contributed by atoms with E-state index in [-0.39, 0.29) is 12.1 Å². The molecule has 0 aromatic carbocycles. The normalized spacial score (nSPS) is 21.0. The molecular formula is C16H28N4O3. The minimum atomic E-state index is -1.04. The third-order valence-electron chi connectivity index (χ3n) is 4.83. The molecule has 1 fully saturated rings. The third-order valence-corrected chi connectivity index (χ3v) is 4.83. The smallest absolute Gasteiger partial charge is 0.323 e. The first-order chi connectivity index (χ1) is 11.0. The number of imidazole rings is 1. The summed E-state index contributed by atoms with van der Waals surface area (Å²) in [7, 11) is 1.55. The molecule has 0 spiro atoms. The van der Waals surface area contributed by atoms with Crippen LogP contribution in [0.15, 0.2) is 12.4 Å². The van der Waals surface area contributed by atoms with Crippen molar-refractivity contribution < 1.29 is 15.0 Å². The van der Waals surface area contributed by atoms with Crippen LogP contribution < -0.4 is 5.32 Å². The molecular weight excluding hydrogens is 296 g/mol. The number of aliphatic hydroxyl groups is 1. The van der Waals surface area contributed by atoms with Crippen LogP contribution in [0.3, 0.4) is 0 Å². The van der Waals surface area contributed by atoms with E-state index in [9.17, 15) is 9.90 Å². The summed E-state index contributed by atoms with van der Waals surface area (Å²) in [5, 5.41) is 22.1. The molecule has 3 N–H and O–H groups in total. The number of carboxylic acid groups (broad SMARTS) is 1. The van der Waals surface area contributed by atoms with Gasteiger partial charge in [-0.25, -0.2) is 4.98 Å². The molecule has 1 aromatic rings. The van der Waals surface area contributed by atoms with Gasteiger partial charge < -0.3 is 20.1 Å². The number of likely N-dealkylation sites (tertiary alicyclic amines) is 1. The number of aromatic nitrogens is 2. The Bertz CT molecular complexity index is 513. The topological polar surface area (TPSA) is 90.6 Å². The fraction of sp³-hybridized carbons (Fsp3) is 0.750. The van der Waals surface area contributed by atoms with Crippen LogP contribution in [0.25, 0.3) is 0 Å². The maximum absolute atomic E-state index is 11.2. The fourth-order valence-corrected chi connectivity index (χ4v) is 3.31. The standard InChI is InChI=1S/C16H28N4O3/c1-11(15(21)14(17-3)16(22)23)10-13-18-6-9-20(13)12(2)19-7-4-5-8-19/h6,9,11-12,14-15,17,21H,4-5,7-8,10H2,1-3H3,(H,22,23)/t11-,12?,14+,15-/m1/s1. The average Bonchev–Trinajstić information content (AvgIpc) is 3.18. The number of hydrogen-bond acceptors (Lipinski definition) is 5. The van der Waals surface area contributed by atoms with Crippen molar-refractivity contribution in [3.8, 4) is 0 Å². The number of hydrogen-bond donors (Lipinski definition) is 3. The maximum atomic E-state index is 11.2. The summed E-state index contributed by atoms with van der Waals surface area (Å²) in [5.41, 5.74) is 0. The van der Waals surface area contributed by atoms with Gasteiger partial charge in [0.05, 0.1) is 12.3 Å². The van der Waals surface area contributed by atoms with Gasteiger partial charge in [-0.2, -0.15) is 0 Å². The first-order valence-corrected chi connectivity index (χ1v) is 8.29. The Balaban J connectivity index is 2.05. The summed E-state index contributed by atoms with van der Waals surface area (Å²) in [4.78, 5) is 18.0. The maximum Gasteiger partial charge on any atom is 0.323 e. The summed E-state index contributed by atoms with van der Waals surface area (Å²) in [5.74, 6) is -0.368. The van der Waals surface area contributed by atoms with E-state index in [1.807, 2.05) is 13.1 Å². The molecule has 1 saturated heterocycles. The molecule has 0 aliphatic carbocycles. The number of carbonyl (C=O) groups is 1. The highest BCUT2D eigenvalue weighted by molar-refractivity contribution is 5.74. The van der Waals surface area contributed by atoms with Gasteiger partial charge in [-0.1, -0.05) is 6.92 Å². The van der Waals surface area contributed by atoms with Gasteiger partial charge in [0.15, 0.2) is 0 Å². The lowest BCUT2D eigenvalue weighted by molar-refractivity contribution is -0.143. The van der Waals surface area contributed by atoms with Crippen LogP contribution in [0.4, 0.5) is 0 Å². The zero-order valence-corrected chi connectivity index (χ0v) is 14.1. The summed E-state index contributed by atoms with van der Waals surface area (Å²) < 4.78 is 2.13. The van der Waals surface area contributed by atoms with Crippen molar-refractivity contribution in [1.29, 1.82) is 0 Å². The van der Waals surface area contributed by atoms with Gasteiger partial charge in [0.25, 0.3) is 0 Å². The van der Waals surface area contributed by atoms with E-state index in [1.165, 1.54) is 12.8 Å². The highest BCUT2D eigenvalue weighted by Crippen LogP contribution is 2.22. The van der Waals surface area contributed by atoms with E-state index >= 15 is 0 Å². The van der Waals surface area contributed by atoms with E-state index in [4.69, 9.17) is 5.11 Å². The Morgan fingerprint density at radius 3 is 2.61 bits per heavy atom. The van der Waals surface area contributed by atoms with Gasteiger partial charge in [-0.15, -0.1) is 0 Å². The monoisotopic (exact) mass is 324 g/mol. The van der Waals surface area contributed by atoms with Crippen LogP contribution in [0.5, 0.6) is 0 Å². The summed E-state index contributed by atoms with van der Waals surface area (Å²) >= 11 is 0. The number of nitrogens with one attached hydrogen (secondary N) is 1. The predicted octanol–water partition coefficient (Wildman–Crippen LogP) is 0.710. The fourth-order valence-electron chi connectivity index (χ4n) is 3.31. The Morgan fingerprint density at radius 2 is 2.04 bits per heavy atom. The molecule has 0 saturated carbocycles. The van der Waals surface area contributed by atoms with E-state index in [1.54, 1.807) is 13.2 Å². The molecule has 23 heavy (non-hydrogen) atoms. The number of aliphatic carboxylic acids is 1. The van der Waals surface area contributed by atoms with Crippen LogP contribution in [0.1, 0.15) is 38.7 Å². The first-order valence-electron chi connectivity index (χ1n) is 8.29. The lowest BCUT2D eigenvalue weighted by Gasteiger charge is -2.28. The Hall–Kier alpha value is -1.44. The van der Waals surface area contributed by atoms with Crippen molar-refractivity contribution >= 4 is 5.97 Å². The molecule has 1 aromatic heterocycles. The molecule has 130 valence electrons. The molecule has 0 bridgehead atoms. The minimum absolute atomic E-state index is 0.213. The molecule has 4 atom stereocenters. The molecule has 0 amide bonds. The molecule has 1 aliphatic rings. The lowest BCUT2D eigenvalue weighted by atomic mass is 9.94. The van der Waals surface area contributed by atoms with E-state index in [0.29, 0.717) is 6.42 Å². The quantitative estimate of drug-likeness (QED) is 0.652. The number of carboxylic acids is 1. The molecule has 7 nitrogen and oxygen atoms in total. The molecule has 1 aliphatic heterocycles. The van der Waals surface area contributed by atoms with E-state index in [0.717, 1.165) is 18.9 Å². The van der Waals surface area contributed by atoms with Crippen molar-refractivity contribution in [1.82, 2.24) is 19.8 Å². The third kappa shape index (κ3) is 4.10. The average molecular weight is 324 g/mol. The van der Waals surface area contributed by atoms with Crippen molar-refractivity contribution in [2.24, 2.45) is 5.92 Å². The van der Waals surface area contributed by atoms with Gasteiger partial charge >= 0.3 is 5.97 Å². The van der Waals surface area contributed by atoms with Crippen LogP contribution in [0.2, 0.25) is 0 Å². The Kier molecular flexibility index (Phi) is 6.15. The minimum Gasteiger partial charge on any atom is -0.480 e. The number of nitrogens with zero attached hydrogens (tertiary/aromatic N) is 3. The van der Waals surface area contributed by atoms with Crippen molar-refractivity contribution in [3.05, 3.63) is 18.2 Å². The van der Waals surface area contributed by atoms with Crippen molar-refractivity contribution in [2.45, 2.75) is 51.4 Å². The molecule has 7 heteroatoms. The second-order valence-electron chi connectivity index (χ2n) is 6.40. The Labute approximate surface area is 137 Å².